The van der Waals surface area contributed by atoms with E-state index in [0.29, 0.717) is 17.2 Å². The third kappa shape index (κ3) is 3.88. The Labute approximate surface area is 210 Å². The van der Waals surface area contributed by atoms with Crippen molar-refractivity contribution >= 4 is 31.6 Å². The monoisotopic (exact) mass is 545 g/mol. The summed E-state index contributed by atoms with van der Waals surface area (Å²) in [4.78, 5) is 0.216. The summed E-state index contributed by atoms with van der Waals surface area (Å²) in [6.45, 7) is 9.18. The first-order valence-electron chi connectivity index (χ1n) is 11.9. The highest BCUT2D eigenvalue weighted by Gasteiger charge is 2.59. The van der Waals surface area contributed by atoms with E-state index in [9.17, 15) is 8.42 Å². The van der Waals surface area contributed by atoms with Gasteiger partial charge < -0.3 is 10.1 Å². The second-order valence-corrected chi connectivity index (χ2v) is 12.8. The van der Waals surface area contributed by atoms with Crippen molar-refractivity contribution in [1.29, 1.82) is 0 Å². The molecular weight excluding hydrogens is 514 g/mol. The molecule has 2 fully saturated rings. The highest BCUT2D eigenvalue weighted by atomic mass is 79.9. The molecular formula is C26H32BrN3O3S. The van der Waals surface area contributed by atoms with Crippen molar-refractivity contribution in [3.8, 4) is 5.75 Å². The van der Waals surface area contributed by atoms with Gasteiger partial charge in [-0.2, -0.15) is 0 Å². The second-order valence-electron chi connectivity index (χ2n) is 10.1. The van der Waals surface area contributed by atoms with Gasteiger partial charge >= 0.3 is 0 Å². The second kappa shape index (κ2) is 8.36. The summed E-state index contributed by atoms with van der Waals surface area (Å²) >= 11 is 3.63. The maximum absolute atomic E-state index is 14.3. The van der Waals surface area contributed by atoms with E-state index in [4.69, 9.17) is 10.5 Å². The predicted octanol–water partition coefficient (Wildman–Crippen LogP) is 4.69. The number of ether oxygens (including phenoxy) is 1. The molecule has 2 atom stereocenters. The Morgan fingerprint density at radius 1 is 1.24 bits per heavy atom. The number of nitrogens with zero attached hydrogens (tertiary/aromatic N) is 1. The van der Waals surface area contributed by atoms with Crippen molar-refractivity contribution in [2.75, 3.05) is 17.4 Å². The lowest BCUT2D eigenvalue weighted by atomic mass is 9.68. The summed E-state index contributed by atoms with van der Waals surface area (Å²) in [5.74, 6) is 0.776. The lowest BCUT2D eigenvalue weighted by Crippen LogP contribution is -2.53. The van der Waals surface area contributed by atoms with Crippen LogP contribution in [0.25, 0.3) is 0 Å². The summed E-state index contributed by atoms with van der Waals surface area (Å²) in [6, 6.07) is 12.6. The van der Waals surface area contributed by atoms with Gasteiger partial charge in [0.05, 0.1) is 16.6 Å². The van der Waals surface area contributed by atoms with E-state index in [1.807, 2.05) is 12.1 Å². The van der Waals surface area contributed by atoms with Gasteiger partial charge in [0.15, 0.2) is 5.72 Å². The summed E-state index contributed by atoms with van der Waals surface area (Å²) in [5.41, 5.74) is 7.56. The number of sulfonamides is 1. The topological polar surface area (TPSA) is 84.7 Å². The molecule has 1 aliphatic carbocycles. The van der Waals surface area contributed by atoms with Crippen LogP contribution in [0.5, 0.6) is 5.75 Å². The Morgan fingerprint density at radius 3 is 2.59 bits per heavy atom. The molecule has 2 aromatic rings. The first-order chi connectivity index (χ1) is 16.1. The van der Waals surface area contributed by atoms with Crippen LogP contribution in [-0.4, -0.2) is 33.3 Å². The zero-order valence-corrected chi connectivity index (χ0v) is 22.1. The Balaban J connectivity index is 1.61. The Morgan fingerprint density at radius 2 is 1.94 bits per heavy atom. The molecule has 1 saturated carbocycles. The van der Waals surface area contributed by atoms with Crippen molar-refractivity contribution in [2.24, 2.45) is 11.7 Å². The largest absolute Gasteiger partial charge is 0.469 e. The fourth-order valence-corrected chi connectivity index (χ4v) is 7.74. The summed E-state index contributed by atoms with van der Waals surface area (Å²) in [7, 11) is -3.84. The zero-order valence-electron chi connectivity index (χ0n) is 19.7. The van der Waals surface area contributed by atoms with Crippen LogP contribution in [-0.2, 0) is 15.4 Å². The molecule has 1 spiro atoms. The minimum absolute atomic E-state index is 0.0799. The smallest absolute Gasteiger partial charge is 0.264 e. The fourth-order valence-electron chi connectivity index (χ4n) is 5.55. The molecule has 1 saturated heterocycles. The number of rotatable bonds is 6. The number of piperidine rings is 1. The van der Waals surface area contributed by atoms with E-state index >= 15 is 0 Å². The summed E-state index contributed by atoms with van der Waals surface area (Å²) in [5, 5.41) is 3.47. The van der Waals surface area contributed by atoms with Crippen LogP contribution in [0.15, 0.2) is 64.0 Å². The van der Waals surface area contributed by atoms with Crippen LogP contribution >= 0.6 is 15.9 Å². The number of halogens is 1. The molecule has 34 heavy (non-hydrogen) atoms. The average molecular weight is 547 g/mol. The van der Waals surface area contributed by atoms with Gasteiger partial charge in [0.25, 0.3) is 10.0 Å². The fraction of sp³-hybridized carbons (Fsp3) is 0.462. The molecule has 5 rings (SSSR count). The molecule has 6 nitrogen and oxygen atoms in total. The third-order valence-corrected chi connectivity index (χ3v) is 9.94. The van der Waals surface area contributed by atoms with Crippen LogP contribution in [0.4, 0.5) is 5.69 Å². The summed E-state index contributed by atoms with van der Waals surface area (Å²) in [6.07, 6.45) is 3.98. The molecule has 2 aromatic carbocycles. The number of nitrogens with one attached hydrogen (secondary N) is 1. The van der Waals surface area contributed by atoms with Crippen LogP contribution in [0.1, 0.15) is 45.1 Å². The SMILES string of the molecule is C=C(C)C(C)(N)Oc1cccc(S(=O)(=O)N2c3ccc(Br)cc3C3(CCNCC3)C2C2CC2)c1. The third-order valence-electron chi connectivity index (χ3n) is 7.66. The van der Waals surface area contributed by atoms with Gasteiger partial charge in [-0.3, -0.25) is 10.0 Å². The first kappa shape index (κ1) is 23.9. The number of nitrogens with two attached hydrogens (primary N) is 1. The standard InChI is InChI=1S/C26H32BrN3O3S/c1-17(2)25(3,28)33-20-5-4-6-21(16-20)34(31,32)30-23-10-9-19(27)15-22(23)26(11-13-29-14-12-26)24(30)18-7-8-18/h4-6,9-10,15-16,18,24,29H,1,7-8,11-14,28H2,2-3H3. The van der Waals surface area contributed by atoms with Crippen molar-refractivity contribution in [3.05, 3.63) is 64.7 Å². The van der Waals surface area contributed by atoms with Gasteiger partial charge in [-0.05, 0) is 100 Å². The molecule has 0 amide bonds. The van der Waals surface area contributed by atoms with Gasteiger partial charge in [0, 0.05) is 16.0 Å². The molecule has 8 heteroatoms. The zero-order chi connectivity index (χ0) is 24.3. The maximum Gasteiger partial charge on any atom is 0.264 e. The summed E-state index contributed by atoms with van der Waals surface area (Å²) < 4.78 is 37.2. The Bertz CT molecular complexity index is 1230. The molecule has 2 aliphatic heterocycles. The van der Waals surface area contributed by atoms with Gasteiger partial charge in [-0.15, -0.1) is 0 Å². The van der Waals surface area contributed by atoms with Crippen molar-refractivity contribution < 1.29 is 13.2 Å². The van der Waals surface area contributed by atoms with Gasteiger partial charge in [-0.25, -0.2) is 8.42 Å². The lowest BCUT2D eigenvalue weighted by molar-refractivity contribution is 0.135. The highest BCUT2D eigenvalue weighted by molar-refractivity contribution is 9.10. The minimum atomic E-state index is -3.84. The van der Waals surface area contributed by atoms with E-state index < -0.39 is 15.7 Å². The van der Waals surface area contributed by atoms with Gasteiger partial charge in [0.1, 0.15) is 5.75 Å². The number of hydrogen-bond donors (Lipinski definition) is 2. The molecule has 0 aromatic heterocycles. The highest BCUT2D eigenvalue weighted by Crippen LogP contribution is 2.58. The molecule has 2 unspecified atom stereocenters. The van der Waals surface area contributed by atoms with Crippen LogP contribution in [0, 0.1) is 5.92 Å². The molecule has 3 N–H and O–H groups in total. The number of benzene rings is 2. The lowest BCUT2D eigenvalue weighted by Gasteiger charge is -2.42. The molecule has 0 bridgehead atoms. The van der Waals surface area contributed by atoms with E-state index in [1.165, 1.54) is 0 Å². The van der Waals surface area contributed by atoms with Gasteiger partial charge in [-0.1, -0.05) is 28.6 Å². The minimum Gasteiger partial charge on any atom is -0.469 e. The quantitative estimate of drug-likeness (QED) is 0.406. The predicted molar refractivity (Wildman–Crippen MR) is 139 cm³/mol. The average Bonchev–Trinajstić information content (AvgIpc) is 3.59. The van der Waals surface area contributed by atoms with Crippen molar-refractivity contribution in [2.45, 2.75) is 61.6 Å². The van der Waals surface area contributed by atoms with Crippen LogP contribution < -0.4 is 20.1 Å². The molecule has 182 valence electrons. The van der Waals surface area contributed by atoms with Crippen LogP contribution in [0.3, 0.4) is 0 Å². The molecule has 3 aliphatic rings. The van der Waals surface area contributed by atoms with Crippen molar-refractivity contribution in [1.82, 2.24) is 5.32 Å². The Hall–Kier alpha value is -1.87. The number of anilines is 1. The van der Waals surface area contributed by atoms with Crippen LogP contribution in [0.2, 0.25) is 0 Å². The molecule has 2 heterocycles. The maximum atomic E-state index is 14.3. The van der Waals surface area contributed by atoms with E-state index in [1.54, 1.807) is 42.4 Å². The van der Waals surface area contributed by atoms with Crippen molar-refractivity contribution in [3.63, 3.8) is 0 Å². The van der Waals surface area contributed by atoms with E-state index in [-0.39, 0.29) is 16.4 Å². The number of fused-ring (bicyclic) bond motifs is 2. The van der Waals surface area contributed by atoms with E-state index in [0.717, 1.165) is 54.5 Å². The number of hydrogen-bond acceptors (Lipinski definition) is 5. The Kier molecular flexibility index (Phi) is 5.87. The van der Waals surface area contributed by atoms with Gasteiger partial charge in [0.2, 0.25) is 0 Å². The normalized spacial score (nSPS) is 23.4. The first-order valence-corrected chi connectivity index (χ1v) is 14.1. The van der Waals surface area contributed by atoms with E-state index in [2.05, 4.69) is 33.9 Å². The molecule has 0 radical (unpaired) electrons.